The third kappa shape index (κ3) is 2.91. The Kier molecular flexibility index (Phi) is 4.57. The first-order valence-corrected chi connectivity index (χ1v) is 7.38. The van der Waals surface area contributed by atoms with E-state index in [0.29, 0.717) is 11.1 Å². The Morgan fingerprint density at radius 1 is 1.29 bits per heavy atom. The lowest BCUT2D eigenvalue weighted by Crippen LogP contribution is -2.48. The number of aliphatic imine (C=N–C) groups is 1. The van der Waals surface area contributed by atoms with Crippen LogP contribution in [0.1, 0.15) is 24.2 Å². The lowest BCUT2D eigenvalue weighted by molar-refractivity contribution is -0.117. The molecule has 1 aromatic carbocycles. The molecule has 0 bridgehead atoms. The molecule has 0 unspecified atom stereocenters. The first-order chi connectivity index (χ1) is 9.76. The predicted molar refractivity (Wildman–Crippen MR) is 85.7 cm³/mol. The molecule has 1 aliphatic carbocycles. The Morgan fingerprint density at radius 2 is 1.86 bits per heavy atom. The summed E-state index contributed by atoms with van der Waals surface area (Å²) in [5, 5.41) is -0.967. The number of benzene rings is 1. The highest BCUT2D eigenvalue weighted by atomic mass is 35.5. The summed E-state index contributed by atoms with van der Waals surface area (Å²) in [6.07, 6.45) is 0. The summed E-state index contributed by atoms with van der Waals surface area (Å²) in [5.41, 5.74) is 1.03. The average molecular weight is 345 g/mol. The van der Waals surface area contributed by atoms with Crippen molar-refractivity contribution in [2.24, 2.45) is 4.99 Å². The van der Waals surface area contributed by atoms with E-state index in [0.717, 1.165) is 0 Å². The second kappa shape index (κ2) is 5.91. The van der Waals surface area contributed by atoms with E-state index in [9.17, 15) is 9.59 Å². The fourth-order valence-electron chi connectivity index (χ4n) is 1.95. The molecular weight excluding hydrogens is 333 g/mol. The summed E-state index contributed by atoms with van der Waals surface area (Å²) < 4.78 is 0. The van der Waals surface area contributed by atoms with E-state index in [-0.39, 0.29) is 10.7 Å². The Hall–Kier alpha value is -1.16. The van der Waals surface area contributed by atoms with E-state index in [2.05, 4.69) is 4.99 Å². The molecule has 0 fully saturated rings. The van der Waals surface area contributed by atoms with Crippen molar-refractivity contribution in [2.45, 2.75) is 24.1 Å². The summed E-state index contributed by atoms with van der Waals surface area (Å²) in [4.78, 5) is 26.8. The van der Waals surface area contributed by atoms with Crippen LogP contribution in [0.4, 0.5) is 0 Å². The minimum Gasteiger partial charge on any atom is -0.291 e. The van der Waals surface area contributed by atoms with E-state index in [4.69, 9.17) is 34.8 Å². The van der Waals surface area contributed by atoms with Gasteiger partial charge in [0.15, 0.2) is 5.78 Å². The molecule has 2 atom stereocenters. The van der Waals surface area contributed by atoms with Gasteiger partial charge in [-0.3, -0.25) is 9.59 Å². The third-order valence-corrected chi connectivity index (χ3v) is 4.92. The van der Waals surface area contributed by atoms with Gasteiger partial charge in [-0.05, 0) is 31.6 Å². The SMILES string of the molecule is CC1=C(Cl)C(=O)[C@](C)(Cl)[C@@H](Cl)C1=NC(=O)c1ccccc1. The van der Waals surface area contributed by atoms with Crippen molar-refractivity contribution in [1.29, 1.82) is 0 Å². The summed E-state index contributed by atoms with van der Waals surface area (Å²) >= 11 is 18.4. The molecule has 1 aromatic rings. The van der Waals surface area contributed by atoms with Crippen LogP contribution < -0.4 is 0 Å². The molecule has 1 amide bonds. The van der Waals surface area contributed by atoms with Crippen LogP contribution in [-0.2, 0) is 4.79 Å². The highest BCUT2D eigenvalue weighted by Gasteiger charge is 2.47. The van der Waals surface area contributed by atoms with Crippen molar-refractivity contribution in [1.82, 2.24) is 0 Å². The number of carbonyl (C=O) groups is 2. The van der Waals surface area contributed by atoms with Crippen LogP contribution in [0.5, 0.6) is 0 Å². The summed E-state index contributed by atoms with van der Waals surface area (Å²) in [7, 11) is 0. The maximum atomic E-state index is 12.2. The maximum Gasteiger partial charge on any atom is 0.277 e. The fourth-order valence-corrected chi connectivity index (χ4v) is 2.81. The van der Waals surface area contributed by atoms with Crippen LogP contribution >= 0.6 is 34.8 Å². The quantitative estimate of drug-likeness (QED) is 0.724. The van der Waals surface area contributed by atoms with Gasteiger partial charge in [-0.1, -0.05) is 29.8 Å². The molecule has 0 N–H and O–H groups in total. The van der Waals surface area contributed by atoms with E-state index in [1.807, 2.05) is 0 Å². The van der Waals surface area contributed by atoms with E-state index < -0.39 is 21.9 Å². The summed E-state index contributed by atoms with van der Waals surface area (Å²) in [6, 6.07) is 8.55. The fraction of sp³-hybridized carbons (Fsp3) is 0.267. The molecule has 6 heteroatoms. The Balaban J connectivity index is 2.49. The molecule has 0 aromatic heterocycles. The van der Waals surface area contributed by atoms with Crippen molar-refractivity contribution in [2.75, 3.05) is 0 Å². The Morgan fingerprint density at radius 3 is 2.43 bits per heavy atom. The molecule has 21 heavy (non-hydrogen) atoms. The van der Waals surface area contributed by atoms with Crippen molar-refractivity contribution in [3.8, 4) is 0 Å². The normalized spacial score (nSPS) is 28.1. The first-order valence-electron chi connectivity index (χ1n) is 6.19. The van der Waals surface area contributed by atoms with Gasteiger partial charge < -0.3 is 0 Å². The van der Waals surface area contributed by atoms with Gasteiger partial charge in [0, 0.05) is 5.56 Å². The van der Waals surface area contributed by atoms with Gasteiger partial charge in [-0.2, -0.15) is 0 Å². The molecular formula is C15H12Cl3NO2. The van der Waals surface area contributed by atoms with Crippen LogP contribution in [-0.4, -0.2) is 27.7 Å². The van der Waals surface area contributed by atoms with Gasteiger partial charge in [0.05, 0.1) is 10.7 Å². The number of allylic oxidation sites excluding steroid dienone is 2. The Labute approximate surface area is 137 Å². The van der Waals surface area contributed by atoms with Gasteiger partial charge >= 0.3 is 0 Å². The summed E-state index contributed by atoms with van der Waals surface area (Å²) in [6.45, 7) is 3.06. The van der Waals surface area contributed by atoms with Crippen LogP contribution in [0, 0.1) is 0 Å². The number of hydrogen-bond acceptors (Lipinski definition) is 2. The molecule has 0 saturated carbocycles. The van der Waals surface area contributed by atoms with Crippen molar-refractivity contribution in [3.05, 3.63) is 46.5 Å². The number of nitrogens with zero attached hydrogens (tertiary/aromatic N) is 1. The van der Waals surface area contributed by atoms with E-state index in [1.54, 1.807) is 37.3 Å². The third-order valence-electron chi connectivity index (χ3n) is 3.32. The molecule has 0 aliphatic heterocycles. The monoisotopic (exact) mass is 343 g/mol. The van der Waals surface area contributed by atoms with E-state index >= 15 is 0 Å². The van der Waals surface area contributed by atoms with Crippen molar-refractivity contribution in [3.63, 3.8) is 0 Å². The standard InChI is InChI=1S/C15H12Cl3NO2/c1-8-10(16)13(20)15(2,18)12(17)11(8)19-14(21)9-6-4-3-5-7-9/h3-7,12H,1-2H3/t12-,15+/m0/s1. The van der Waals surface area contributed by atoms with Gasteiger partial charge in [-0.25, -0.2) is 4.99 Å². The number of ketones is 1. The van der Waals surface area contributed by atoms with Gasteiger partial charge in [0.25, 0.3) is 5.91 Å². The van der Waals surface area contributed by atoms with Crippen LogP contribution in [0.15, 0.2) is 45.9 Å². The molecule has 110 valence electrons. The van der Waals surface area contributed by atoms with Crippen LogP contribution in [0.25, 0.3) is 0 Å². The van der Waals surface area contributed by atoms with Gasteiger partial charge in [0.1, 0.15) is 10.3 Å². The Bertz CT molecular complexity index is 663. The predicted octanol–water partition coefficient (Wildman–Crippen LogP) is 3.97. The van der Waals surface area contributed by atoms with Gasteiger partial charge in [0.2, 0.25) is 0 Å². The smallest absolute Gasteiger partial charge is 0.277 e. The van der Waals surface area contributed by atoms with Gasteiger partial charge in [-0.15, -0.1) is 23.2 Å². The summed E-state index contributed by atoms with van der Waals surface area (Å²) in [5.74, 6) is -0.920. The van der Waals surface area contributed by atoms with Crippen molar-refractivity contribution < 1.29 is 9.59 Å². The number of hydrogen-bond donors (Lipinski definition) is 0. The topological polar surface area (TPSA) is 46.5 Å². The number of halogens is 3. The number of carbonyl (C=O) groups excluding carboxylic acids is 2. The van der Waals surface area contributed by atoms with Crippen molar-refractivity contribution >= 4 is 52.2 Å². The zero-order valence-corrected chi connectivity index (χ0v) is 13.6. The van der Waals surface area contributed by atoms with E-state index in [1.165, 1.54) is 6.92 Å². The number of alkyl halides is 2. The highest BCUT2D eigenvalue weighted by molar-refractivity contribution is 6.59. The maximum absolute atomic E-state index is 12.2. The van der Waals surface area contributed by atoms with Crippen LogP contribution in [0.3, 0.4) is 0 Å². The second-order valence-corrected chi connectivity index (χ2v) is 6.47. The molecule has 1 aliphatic rings. The number of rotatable bonds is 1. The molecule has 0 radical (unpaired) electrons. The lowest BCUT2D eigenvalue weighted by Gasteiger charge is -2.32. The second-order valence-electron chi connectivity index (χ2n) is 4.87. The number of amides is 1. The molecule has 0 spiro atoms. The lowest BCUT2D eigenvalue weighted by atomic mass is 9.87. The molecule has 2 rings (SSSR count). The molecule has 0 heterocycles. The highest BCUT2D eigenvalue weighted by Crippen LogP contribution is 2.38. The van der Waals surface area contributed by atoms with Crippen LogP contribution in [0.2, 0.25) is 0 Å². The minimum atomic E-state index is -1.42. The zero-order chi connectivity index (χ0) is 15.8. The first kappa shape index (κ1) is 16.2. The largest absolute Gasteiger partial charge is 0.291 e. The zero-order valence-electron chi connectivity index (χ0n) is 11.4. The molecule has 3 nitrogen and oxygen atoms in total. The molecule has 0 saturated heterocycles. The average Bonchev–Trinajstić information content (AvgIpc) is 2.49. The number of Topliss-reactive ketones (excluding diaryl/α,β-unsaturated/α-hetero) is 1. The minimum absolute atomic E-state index is 0.0380.